The molecule has 1 saturated carbocycles. The van der Waals surface area contributed by atoms with Crippen LogP contribution >= 0.6 is 24.0 Å². The van der Waals surface area contributed by atoms with Gasteiger partial charge in [0.25, 0.3) is 0 Å². The summed E-state index contributed by atoms with van der Waals surface area (Å²) in [5, 5.41) is 7.53. The molecule has 0 radical (unpaired) electrons. The molecule has 21 heavy (non-hydrogen) atoms. The Morgan fingerprint density at radius 2 is 2.10 bits per heavy atom. The van der Waals surface area contributed by atoms with E-state index in [1.165, 1.54) is 44.1 Å². The largest absolute Gasteiger partial charge is 0.370 e. The van der Waals surface area contributed by atoms with Crippen LogP contribution in [-0.4, -0.2) is 28.3 Å². The first-order valence-corrected chi connectivity index (χ1v) is 7.78. The monoisotopic (exact) mass is 405 g/mol. The molecule has 0 unspecified atom stereocenters. The van der Waals surface area contributed by atoms with Gasteiger partial charge in [-0.1, -0.05) is 25.7 Å². The van der Waals surface area contributed by atoms with Crippen molar-refractivity contribution < 1.29 is 0 Å². The maximum atomic E-state index is 5.96. The Bertz CT molecular complexity index is 421. The van der Waals surface area contributed by atoms with Crippen molar-refractivity contribution in [1.82, 2.24) is 15.1 Å². The van der Waals surface area contributed by atoms with Gasteiger partial charge in [-0.2, -0.15) is 5.10 Å². The van der Waals surface area contributed by atoms with Crippen LogP contribution in [0.1, 0.15) is 50.5 Å². The minimum absolute atomic E-state index is 0. The third-order valence-corrected chi connectivity index (χ3v) is 3.87. The van der Waals surface area contributed by atoms with E-state index in [2.05, 4.69) is 21.6 Å². The minimum atomic E-state index is 0. The van der Waals surface area contributed by atoms with Crippen molar-refractivity contribution in [3.05, 3.63) is 18.0 Å². The Kier molecular flexibility index (Phi) is 8.72. The van der Waals surface area contributed by atoms with Crippen LogP contribution in [0.25, 0.3) is 0 Å². The van der Waals surface area contributed by atoms with E-state index in [0.29, 0.717) is 12.0 Å². The van der Waals surface area contributed by atoms with Crippen LogP contribution < -0.4 is 11.1 Å². The van der Waals surface area contributed by atoms with Gasteiger partial charge in [0.15, 0.2) is 5.96 Å². The predicted molar refractivity (Wildman–Crippen MR) is 98.1 cm³/mol. The molecule has 0 aromatic carbocycles. The average molecular weight is 405 g/mol. The van der Waals surface area contributed by atoms with E-state index in [1.54, 1.807) is 0 Å². The van der Waals surface area contributed by atoms with E-state index in [0.717, 1.165) is 19.4 Å². The molecule has 1 aliphatic carbocycles. The van der Waals surface area contributed by atoms with Gasteiger partial charge in [0, 0.05) is 25.8 Å². The molecule has 6 heteroatoms. The molecule has 1 fully saturated rings. The fourth-order valence-electron chi connectivity index (χ4n) is 2.76. The van der Waals surface area contributed by atoms with Crippen LogP contribution in [0, 0.1) is 0 Å². The predicted octanol–water partition coefficient (Wildman–Crippen LogP) is 2.60. The summed E-state index contributed by atoms with van der Waals surface area (Å²) in [5.74, 6) is 0.614. The number of rotatable bonds is 5. The lowest BCUT2D eigenvalue weighted by Crippen LogP contribution is -2.39. The molecule has 3 N–H and O–H groups in total. The normalized spacial score (nSPS) is 17.1. The summed E-state index contributed by atoms with van der Waals surface area (Å²) in [4.78, 5) is 4.43. The summed E-state index contributed by atoms with van der Waals surface area (Å²) in [6.07, 6.45) is 13.8. The molecule has 1 aliphatic rings. The average Bonchev–Trinajstić information content (AvgIpc) is 2.68. The maximum absolute atomic E-state index is 5.96. The third-order valence-electron chi connectivity index (χ3n) is 3.87. The van der Waals surface area contributed by atoms with E-state index in [1.807, 2.05) is 17.9 Å². The minimum Gasteiger partial charge on any atom is -0.370 e. The quantitative estimate of drug-likeness (QED) is 0.260. The molecule has 0 bridgehead atoms. The van der Waals surface area contributed by atoms with Crippen molar-refractivity contribution in [3.63, 3.8) is 0 Å². The van der Waals surface area contributed by atoms with E-state index in [4.69, 9.17) is 5.73 Å². The molecule has 0 saturated heterocycles. The van der Waals surface area contributed by atoms with Crippen molar-refractivity contribution in [2.75, 3.05) is 6.54 Å². The molecule has 0 atom stereocenters. The van der Waals surface area contributed by atoms with Crippen LogP contribution in [-0.2, 0) is 13.5 Å². The number of nitrogens with zero attached hydrogens (tertiary/aromatic N) is 3. The van der Waals surface area contributed by atoms with Crippen LogP contribution in [0.2, 0.25) is 0 Å². The van der Waals surface area contributed by atoms with Gasteiger partial charge < -0.3 is 11.1 Å². The summed E-state index contributed by atoms with van der Waals surface area (Å²) < 4.78 is 1.83. The van der Waals surface area contributed by atoms with Gasteiger partial charge in [0.2, 0.25) is 0 Å². The van der Waals surface area contributed by atoms with E-state index in [9.17, 15) is 0 Å². The first kappa shape index (κ1) is 18.3. The first-order valence-electron chi connectivity index (χ1n) is 7.78. The lowest BCUT2D eigenvalue weighted by atomic mass is 10.1. The van der Waals surface area contributed by atoms with Crippen molar-refractivity contribution >= 4 is 29.9 Å². The number of halogens is 1. The topological polar surface area (TPSA) is 68.2 Å². The molecule has 5 nitrogen and oxygen atoms in total. The second kappa shape index (κ2) is 10.0. The number of hydrogen-bond donors (Lipinski definition) is 2. The first-order chi connectivity index (χ1) is 9.74. The highest BCUT2D eigenvalue weighted by atomic mass is 127. The van der Waals surface area contributed by atoms with Gasteiger partial charge >= 0.3 is 0 Å². The van der Waals surface area contributed by atoms with E-state index >= 15 is 0 Å². The zero-order valence-electron chi connectivity index (χ0n) is 12.9. The zero-order valence-corrected chi connectivity index (χ0v) is 15.3. The summed E-state index contributed by atoms with van der Waals surface area (Å²) in [7, 11) is 1.94. The number of nitrogens with two attached hydrogens (primary N) is 1. The Hall–Kier alpha value is -0.790. The molecular weight excluding hydrogens is 377 g/mol. The second-order valence-corrected chi connectivity index (χ2v) is 5.73. The highest BCUT2D eigenvalue weighted by Crippen LogP contribution is 2.16. The summed E-state index contributed by atoms with van der Waals surface area (Å²) in [6, 6.07) is 0.527. The van der Waals surface area contributed by atoms with Gasteiger partial charge in [-0.15, -0.1) is 24.0 Å². The molecule has 0 aliphatic heterocycles. The number of nitrogens with one attached hydrogen (secondary N) is 1. The van der Waals surface area contributed by atoms with Crippen LogP contribution in [0.3, 0.4) is 0 Å². The van der Waals surface area contributed by atoms with E-state index < -0.39 is 0 Å². The molecule has 120 valence electrons. The number of guanidine groups is 1. The number of hydrogen-bond acceptors (Lipinski definition) is 2. The highest BCUT2D eigenvalue weighted by molar-refractivity contribution is 14.0. The molecule has 0 amide bonds. The number of aromatic nitrogens is 2. The van der Waals surface area contributed by atoms with Crippen molar-refractivity contribution in [3.8, 4) is 0 Å². The van der Waals surface area contributed by atoms with Crippen LogP contribution in [0.4, 0.5) is 0 Å². The van der Waals surface area contributed by atoms with Crippen molar-refractivity contribution in [2.45, 2.75) is 57.4 Å². The molecule has 1 aromatic rings. The fraction of sp³-hybridized carbons (Fsp3) is 0.733. The van der Waals surface area contributed by atoms with Gasteiger partial charge in [-0.3, -0.25) is 9.67 Å². The lowest BCUT2D eigenvalue weighted by molar-refractivity contribution is 0.530. The molecule has 1 heterocycles. The Labute approximate surface area is 144 Å². The summed E-state index contributed by atoms with van der Waals surface area (Å²) in [5.41, 5.74) is 7.22. The Morgan fingerprint density at radius 3 is 2.71 bits per heavy atom. The summed E-state index contributed by atoms with van der Waals surface area (Å²) >= 11 is 0. The molecule has 0 spiro atoms. The maximum Gasteiger partial charge on any atom is 0.188 e. The molecule has 1 aromatic heterocycles. The zero-order chi connectivity index (χ0) is 14.2. The third kappa shape index (κ3) is 7.15. The van der Waals surface area contributed by atoms with Gasteiger partial charge in [0.1, 0.15) is 0 Å². The van der Waals surface area contributed by atoms with Gasteiger partial charge in [-0.25, -0.2) is 0 Å². The number of aryl methyl sites for hydroxylation is 2. The fourth-order valence-corrected chi connectivity index (χ4v) is 2.76. The SMILES string of the molecule is Cn1cc(CCCN=C(N)NC2CCCCCC2)cn1.I. The van der Waals surface area contributed by atoms with Gasteiger partial charge in [0.05, 0.1) is 6.20 Å². The lowest BCUT2D eigenvalue weighted by Gasteiger charge is -2.16. The van der Waals surface area contributed by atoms with Crippen LogP contribution in [0.15, 0.2) is 17.4 Å². The highest BCUT2D eigenvalue weighted by Gasteiger charge is 2.11. The Morgan fingerprint density at radius 1 is 1.38 bits per heavy atom. The second-order valence-electron chi connectivity index (χ2n) is 5.73. The smallest absolute Gasteiger partial charge is 0.188 e. The standard InChI is InChI=1S/C15H27N5.HI/c1-20-12-13(11-18-20)7-6-10-17-15(16)19-14-8-4-2-3-5-9-14;/h11-12,14H,2-10H2,1H3,(H3,16,17,19);1H. The summed E-state index contributed by atoms with van der Waals surface area (Å²) in [6.45, 7) is 0.778. The Balaban J connectivity index is 0.00000220. The van der Waals surface area contributed by atoms with Gasteiger partial charge in [-0.05, 0) is 31.2 Å². The van der Waals surface area contributed by atoms with Crippen molar-refractivity contribution in [1.29, 1.82) is 0 Å². The molecule has 2 rings (SSSR count). The number of aliphatic imine (C=N–C) groups is 1. The molecular formula is C15H28IN5. The van der Waals surface area contributed by atoms with Crippen molar-refractivity contribution in [2.24, 2.45) is 17.8 Å². The van der Waals surface area contributed by atoms with Crippen LogP contribution in [0.5, 0.6) is 0 Å². The van der Waals surface area contributed by atoms with E-state index in [-0.39, 0.29) is 24.0 Å².